The van der Waals surface area contributed by atoms with Gasteiger partial charge in [-0.3, -0.25) is 0 Å². The largest absolute Gasteiger partial charge is 0.377 e. The van der Waals surface area contributed by atoms with Gasteiger partial charge in [-0.05, 0) is 12.1 Å². The lowest BCUT2D eigenvalue weighted by Gasteiger charge is -2.06. The first-order valence-electron chi connectivity index (χ1n) is 4.43. The van der Waals surface area contributed by atoms with E-state index in [-0.39, 0.29) is 12.2 Å². The number of rotatable bonds is 3. The topological polar surface area (TPSA) is 24.9 Å². The summed E-state index contributed by atoms with van der Waals surface area (Å²) < 4.78 is 38.7. The van der Waals surface area contributed by atoms with E-state index >= 15 is 0 Å². The highest BCUT2D eigenvalue weighted by molar-refractivity contribution is 7.07. The van der Waals surface area contributed by atoms with E-state index in [0.717, 1.165) is 12.1 Å². The Hall–Kier alpha value is -1.56. The SMILES string of the molecule is Fc1ccc(NCc2cscn2)c(F)c1F. The first-order chi connectivity index (χ1) is 7.68. The van der Waals surface area contributed by atoms with E-state index in [2.05, 4.69) is 10.3 Å². The molecule has 1 heterocycles. The van der Waals surface area contributed by atoms with Gasteiger partial charge in [0.2, 0.25) is 0 Å². The van der Waals surface area contributed by atoms with Crippen molar-refractivity contribution in [2.75, 3.05) is 5.32 Å². The molecule has 0 aliphatic carbocycles. The lowest BCUT2D eigenvalue weighted by atomic mass is 10.2. The van der Waals surface area contributed by atoms with Crippen LogP contribution in [0.4, 0.5) is 18.9 Å². The molecule has 0 saturated heterocycles. The van der Waals surface area contributed by atoms with Gasteiger partial charge in [-0.15, -0.1) is 11.3 Å². The first kappa shape index (κ1) is 10.9. The van der Waals surface area contributed by atoms with Gasteiger partial charge in [0, 0.05) is 5.38 Å². The van der Waals surface area contributed by atoms with E-state index in [1.807, 2.05) is 0 Å². The van der Waals surface area contributed by atoms with E-state index in [1.54, 1.807) is 10.9 Å². The van der Waals surface area contributed by atoms with Crippen molar-refractivity contribution in [1.82, 2.24) is 4.98 Å². The zero-order chi connectivity index (χ0) is 11.5. The number of halogens is 3. The zero-order valence-electron chi connectivity index (χ0n) is 8.01. The number of hydrogen-bond donors (Lipinski definition) is 1. The zero-order valence-corrected chi connectivity index (χ0v) is 8.82. The van der Waals surface area contributed by atoms with Crippen molar-refractivity contribution >= 4 is 17.0 Å². The fraction of sp³-hybridized carbons (Fsp3) is 0.100. The van der Waals surface area contributed by atoms with Crippen molar-refractivity contribution in [2.24, 2.45) is 0 Å². The van der Waals surface area contributed by atoms with Crippen LogP contribution in [0, 0.1) is 17.5 Å². The second-order valence-electron chi connectivity index (χ2n) is 3.06. The number of nitrogens with zero attached hydrogens (tertiary/aromatic N) is 1. The molecule has 0 atom stereocenters. The van der Waals surface area contributed by atoms with E-state index in [1.165, 1.54) is 11.3 Å². The minimum Gasteiger partial charge on any atom is -0.377 e. The lowest BCUT2D eigenvalue weighted by Crippen LogP contribution is -2.04. The van der Waals surface area contributed by atoms with Crippen molar-refractivity contribution < 1.29 is 13.2 Å². The molecule has 0 saturated carbocycles. The van der Waals surface area contributed by atoms with Crippen LogP contribution in [0.1, 0.15) is 5.69 Å². The van der Waals surface area contributed by atoms with E-state index < -0.39 is 17.5 Å². The fourth-order valence-electron chi connectivity index (χ4n) is 1.17. The van der Waals surface area contributed by atoms with E-state index in [9.17, 15) is 13.2 Å². The molecule has 84 valence electrons. The Morgan fingerprint density at radius 2 is 2.00 bits per heavy atom. The quantitative estimate of drug-likeness (QED) is 0.839. The summed E-state index contributed by atoms with van der Waals surface area (Å²) in [5.74, 6) is -3.88. The van der Waals surface area contributed by atoms with Gasteiger partial charge in [0.15, 0.2) is 17.5 Å². The van der Waals surface area contributed by atoms with Crippen molar-refractivity contribution in [3.63, 3.8) is 0 Å². The minimum absolute atomic E-state index is 0.0769. The standard InChI is InChI=1S/C10H7F3N2S/c11-7-1-2-8(10(13)9(7)12)14-3-6-4-16-5-15-6/h1-2,4-5,14H,3H2. The van der Waals surface area contributed by atoms with E-state index in [0.29, 0.717) is 5.69 Å². The molecule has 2 rings (SSSR count). The van der Waals surface area contributed by atoms with Gasteiger partial charge in [-0.2, -0.15) is 0 Å². The maximum absolute atomic E-state index is 13.2. The van der Waals surface area contributed by atoms with Gasteiger partial charge in [0.25, 0.3) is 0 Å². The fourth-order valence-corrected chi connectivity index (χ4v) is 1.73. The molecule has 0 spiro atoms. The normalized spacial score (nSPS) is 10.4. The van der Waals surface area contributed by atoms with Crippen LogP contribution in [0.25, 0.3) is 0 Å². The van der Waals surface area contributed by atoms with E-state index in [4.69, 9.17) is 0 Å². The molecule has 1 N–H and O–H groups in total. The molecule has 0 amide bonds. The highest BCUT2D eigenvalue weighted by Crippen LogP contribution is 2.20. The molecule has 6 heteroatoms. The molecule has 0 aliphatic rings. The maximum atomic E-state index is 13.2. The molecule has 1 aromatic carbocycles. The average Bonchev–Trinajstić information content (AvgIpc) is 2.78. The molecule has 16 heavy (non-hydrogen) atoms. The summed E-state index contributed by atoms with van der Waals surface area (Å²) in [6.07, 6.45) is 0. The van der Waals surface area contributed by atoms with Gasteiger partial charge < -0.3 is 5.32 Å². The molecule has 1 aromatic heterocycles. The molecule has 0 bridgehead atoms. The Bertz CT molecular complexity index is 485. The molecular formula is C10H7F3N2S. The summed E-state index contributed by atoms with van der Waals surface area (Å²) in [6, 6.07) is 2.03. The molecule has 0 unspecified atom stereocenters. The number of benzene rings is 1. The number of aromatic nitrogens is 1. The summed E-state index contributed by atoms with van der Waals surface area (Å²) in [5.41, 5.74) is 2.28. The third kappa shape index (κ3) is 2.16. The summed E-state index contributed by atoms with van der Waals surface area (Å²) in [6.45, 7) is 0.269. The highest BCUT2D eigenvalue weighted by atomic mass is 32.1. The van der Waals surface area contributed by atoms with Crippen LogP contribution in [-0.2, 0) is 6.54 Å². The average molecular weight is 244 g/mol. The second kappa shape index (κ2) is 4.52. The highest BCUT2D eigenvalue weighted by Gasteiger charge is 2.12. The molecule has 0 fully saturated rings. The smallest absolute Gasteiger partial charge is 0.196 e. The molecule has 0 aliphatic heterocycles. The van der Waals surface area contributed by atoms with Crippen LogP contribution >= 0.6 is 11.3 Å². The molecule has 2 aromatic rings. The minimum atomic E-state index is -1.47. The van der Waals surface area contributed by atoms with Crippen LogP contribution in [-0.4, -0.2) is 4.98 Å². The predicted octanol–water partition coefficient (Wildman–Crippen LogP) is 3.17. The number of nitrogens with one attached hydrogen (secondary N) is 1. The van der Waals surface area contributed by atoms with Crippen LogP contribution in [0.2, 0.25) is 0 Å². The van der Waals surface area contributed by atoms with Gasteiger partial charge >= 0.3 is 0 Å². The van der Waals surface area contributed by atoms with Crippen molar-refractivity contribution in [1.29, 1.82) is 0 Å². The summed E-state index contributed by atoms with van der Waals surface area (Å²) in [7, 11) is 0. The van der Waals surface area contributed by atoms with Crippen LogP contribution < -0.4 is 5.32 Å². The van der Waals surface area contributed by atoms with Crippen molar-refractivity contribution in [2.45, 2.75) is 6.54 Å². The lowest BCUT2D eigenvalue weighted by molar-refractivity contribution is 0.449. The summed E-state index contributed by atoms with van der Waals surface area (Å²) in [5, 5.41) is 4.43. The predicted molar refractivity (Wildman–Crippen MR) is 55.8 cm³/mol. The summed E-state index contributed by atoms with van der Waals surface area (Å²) in [4.78, 5) is 3.97. The Balaban J connectivity index is 2.13. The number of hydrogen-bond acceptors (Lipinski definition) is 3. The van der Waals surface area contributed by atoms with Gasteiger partial charge in [-0.25, -0.2) is 18.2 Å². The van der Waals surface area contributed by atoms with Gasteiger partial charge in [0.1, 0.15) is 0 Å². The molecule has 2 nitrogen and oxygen atoms in total. The van der Waals surface area contributed by atoms with Crippen LogP contribution in [0.15, 0.2) is 23.0 Å². The van der Waals surface area contributed by atoms with Crippen molar-refractivity contribution in [3.8, 4) is 0 Å². The Morgan fingerprint density at radius 1 is 1.19 bits per heavy atom. The maximum Gasteiger partial charge on any atom is 0.196 e. The second-order valence-corrected chi connectivity index (χ2v) is 3.77. The number of thiazole rings is 1. The van der Waals surface area contributed by atoms with Gasteiger partial charge in [-0.1, -0.05) is 0 Å². The first-order valence-corrected chi connectivity index (χ1v) is 5.37. The monoisotopic (exact) mass is 244 g/mol. The van der Waals surface area contributed by atoms with Crippen LogP contribution in [0.5, 0.6) is 0 Å². The Morgan fingerprint density at radius 3 is 2.69 bits per heavy atom. The van der Waals surface area contributed by atoms with Crippen LogP contribution in [0.3, 0.4) is 0 Å². The number of anilines is 1. The van der Waals surface area contributed by atoms with Crippen molar-refractivity contribution in [3.05, 3.63) is 46.2 Å². The third-order valence-corrected chi connectivity index (χ3v) is 2.61. The Kier molecular flexibility index (Phi) is 3.09. The van der Waals surface area contributed by atoms with Gasteiger partial charge in [0.05, 0.1) is 23.4 Å². The Labute approximate surface area is 93.8 Å². The summed E-state index contributed by atoms with van der Waals surface area (Å²) >= 11 is 1.41. The molecular weight excluding hydrogens is 237 g/mol. The third-order valence-electron chi connectivity index (χ3n) is 1.98. The molecule has 0 radical (unpaired) electrons.